The molecule has 0 fully saturated rings. The Morgan fingerprint density at radius 2 is 2.15 bits per heavy atom. The van der Waals surface area contributed by atoms with Crippen LogP contribution in [0.1, 0.15) is 19.8 Å². The van der Waals surface area contributed by atoms with Gasteiger partial charge in [-0.05, 0) is 47.2 Å². The van der Waals surface area contributed by atoms with E-state index in [1.54, 1.807) is 4.68 Å². The Hall–Kier alpha value is -2.28. The number of tetrazole rings is 1. The monoisotopic (exact) mass is 274 g/mol. The summed E-state index contributed by atoms with van der Waals surface area (Å²) in [5.41, 5.74) is 7.18. The Bertz CT molecular complexity index is 532. The third kappa shape index (κ3) is 3.61. The Kier molecular flexibility index (Phi) is 4.78. The van der Waals surface area contributed by atoms with Crippen molar-refractivity contribution in [3.8, 4) is 5.69 Å². The SMILES string of the molecule is CCC(CN)CC(=O)Nc1ccc(-n2cnnn2)cc1. The average molecular weight is 274 g/mol. The van der Waals surface area contributed by atoms with Gasteiger partial charge in [0.25, 0.3) is 0 Å². The molecular formula is C13H18N6O. The molecule has 7 heteroatoms. The van der Waals surface area contributed by atoms with E-state index in [4.69, 9.17) is 5.73 Å². The van der Waals surface area contributed by atoms with Crippen LogP contribution in [0.3, 0.4) is 0 Å². The minimum absolute atomic E-state index is 0.0162. The highest BCUT2D eigenvalue weighted by molar-refractivity contribution is 5.90. The number of nitrogens with two attached hydrogens (primary N) is 1. The minimum atomic E-state index is -0.0162. The number of benzene rings is 1. The molecule has 7 nitrogen and oxygen atoms in total. The van der Waals surface area contributed by atoms with Crippen molar-refractivity contribution < 1.29 is 4.79 Å². The number of rotatable bonds is 6. The molecule has 0 radical (unpaired) electrons. The molecule has 0 saturated heterocycles. The number of nitrogens with zero attached hydrogens (tertiary/aromatic N) is 4. The smallest absolute Gasteiger partial charge is 0.224 e. The molecule has 3 N–H and O–H groups in total. The number of carbonyl (C=O) groups is 1. The van der Waals surface area contributed by atoms with Crippen molar-refractivity contribution in [2.75, 3.05) is 11.9 Å². The molecule has 20 heavy (non-hydrogen) atoms. The molecule has 0 aliphatic heterocycles. The van der Waals surface area contributed by atoms with Crippen LogP contribution in [0.15, 0.2) is 30.6 Å². The molecule has 0 aliphatic rings. The number of amides is 1. The van der Waals surface area contributed by atoms with Gasteiger partial charge in [-0.3, -0.25) is 4.79 Å². The van der Waals surface area contributed by atoms with Gasteiger partial charge in [0.1, 0.15) is 6.33 Å². The van der Waals surface area contributed by atoms with E-state index in [-0.39, 0.29) is 11.8 Å². The number of hydrogen-bond acceptors (Lipinski definition) is 5. The predicted molar refractivity (Wildman–Crippen MR) is 75.2 cm³/mol. The summed E-state index contributed by atoms with van der Waals surface area (Å²) in [5, 5.41) is 13.8. The Morgan fingerprint density at radius 3 is 2.70 bits per heavy atom. The van der Waals surface area contributed by atoms with Crippen molar-refractivity contribution >= 4 is 11.6 Å². The molecular weight excluding hydrogens is 256 g/mol. The van der Waals surface area contributed by atoms with Gasteiger partial charge in [-0.1, -0.05) is 13.3 Å². The number of anilines is 1. The molecule has 0 saturated carbocycles. The van der Waals surface area contributed by atoms with Crippen LogP contribution >= 0.6 is 0 Å². The second-order valence-corrected chi connectivity index (χ2v) is 4.56. The largest absolute Gasteiger partial charge is 0.330 e. The summed E-state index contributed by atoms with van der Waals surface area (Å²) < 4.78 is 1.55. The molecule has 106 valence electrons. The van der Waals surface area contributed by atoms with E-state index < -0.39 is 0 Å². The van der Waals surface area contributed by atoms with Crippen LogP contribution < -0.4 is 11.1 Å². The molecule has 1 unspecified atom stereocenters. The average Bonchev–Trinajstić information content (AvgIpc) is 2.99. The molecule has 2 rings (SSSR count). The highest BCUT2D eigenvalue weighted by Crippen LogP contribution is 2.14. The van der Waals surface area contributed by atoms with Crippen molar-refractivity contribution in [3.63, 3.8) is 0 Å². The first kappa shape index (κ1) is 14.1. The zero-order valence-electron chi connectivity index (χ0n) is 11.4. The van der Waals surface area contributed by atoms with Gasteiger partial charge < -0.3 is 11.1 Å². The van der Waals surface area contributed by atoms with Crippen LogP contribution in [-0.2, 0) is 4.79 Å². The van der Waals surface area contributed by atoms with E-state index in [2.05, 4.69) is 20.8 Å². The first-order valence-corrected chi connectivity index (χ1v) is 6.56. The maximum atomic E-state index is 11.9. The molecule has 1 aromatic carbocycles. The second kappa shape index (κ2) is 6.76. The minimum Gasteiger partial charge on any atom is -0.330 e. The fourth-order valence-corrected chi connectivity index (χ4v) is 1.85. The fourth-order valence-electron chi connectivity index (χ4n) is 1.85. The summed E-state index contributed by atoms with van der Waals surface area (Å²) >= 11 is 0. The summed E-state index contributed by atoms with van der Waals surface area (Å²) in [6.07, 6.45) is 2.87. The molecule has 1 amide bonds. The van der Waals surface area contributed by atoms with Crippen molar-refractivity contribution in [3.05, 3.63) is 30.6 Å². The number of nitrogens with one attached hydrogen (secondary N) is 1. The van der Waals surface area contributed by atoms with Crippen LogP contribution in [0.5, 0.6) is 0 Å². The van der Waals surface area contributed by atoms with E-state index in [0.717, 1.165) is 17.8 Å². The van der Waals surface area contributed by atoms with Gasteiger partial charge in [0.2, 0.25) is 5.91 Å². The van der Waals surface area contributed by atoms with Crippen LogP contribution in [0.4, 0.5) is 5.69 Å². The van der Waals surface area contributed by atoms with Crippen LogP contribution in [0, 0.1) is 5.92 Å². The van der Waals surface area contributed by atoms with Crippen molar-refractivity contribution in [1.82, 2.24) is 20.2 Å². The Morgan fingerprint density at radius 1 is 1.40 bits per heavy atom. The summed E-state index contributed by atoms with van der Waals surface area (Å²) in [4.78, 5) is 11.9. The van der Waals surface area contributed by atoms with Gasteiger partial charge in [0.05, 0.1) is 5.69 Å². The predicted octanol–water partition coefficient (Wildman–Crippen LogP) is 0.976. The highest BCUT2D eigenvalue weighted by atomic mass is 16.1. The lowest BCUT2D eigenvalue weighted by molar-refractivity contribution is -0.117. The molecule has 0 aliphatic carbocycles. The summed E-state index contributed by atoms with van der Waals surface area (Å²) in [6, 6.07) is 7.31. The van der Waals surface area contributed by atoms with Gasteiger partial charge >= 0.3 is 0 Å². The van der Waals surface area contributed by atoms with Gasteiger partial charge in [-0.25, -0.2) is 4.68 Å². The van der Waals surface area contributed by atoms with E-state index in [1.807, 2.05) is 31.2 Å². The van der Waals surface area contributed by atoms with Gasteiger partial charge in [0, 0.05) is 12.1 Å². The maximum absolute atomic E-state index is 11.9. The normalized spacial score (nSPS) is 12.1. The Balaban J connectivity index is 1.95. The number of carbonyl (C=O) groups excluding carboxylic acids is 1. The Labute approximate surface area is 117 Å². The molecule has 0 spiro atoms. The topological polar surface area (TPSA) is 98.7 Å². The molecule has 2 aromatic rings. The molecule has 1 heterocycles. The van der Waals surface area contributed by atoms with Crippen molar-refractivity contribution in [1.29, 1.82) is 0 Å². The third-order valence-corrected chi connectivity index (χ3v) is 3.15. The molecule has 0 bridgehead atoms. The van der Waals surface area contributed by atoms with Crippen LogP contribution in [0.25, 0.3) is 5.69 Å². The summed E-state index contributed by atoms with van der Waals surface area (Å²) in [5.74, 6) is 0.216. The van der Waals surface area contributed by atoms with Gasteiger partial charge in [-0.15, -0.1) is 5.10 Å². The first-order chi connectivity index (χ1) is 9.72. The summed E-state index contributed by atoms with van der Waals surface area (Å²) in [6.45, 7) is 2.56. The lowest BCUT2D eigenvalue weighted by Crippen LogP contribution is -2.21. The van der Waals surface area contributed by atoms with E-state index in [1.165, 1.54) is 6.33 Å². The molecule has 1 aromatic heterocycles. The van der Waals surface area contributed by atoms with Gasteiger partial charge in [-0.2, -0.15) is 0 Å². The lowest BCUT2D eigenvalue weighted by Gasteiger charge is -2.12. The number of hydrogen-bond donors (Lipinski definition) is 2. The van der Waals surface area contributed by atoms with E-state index in [9.17, 15) is 4.79 Å². The second-order valence-electron chi connectivity index (χ2n) is 4.56. The third-order valence-electron chi connectivity index (χ3n) is 3.15. The lowest BCUT2D eigenvalue weighted by atomic mass is 10.0. The standard InChI is InChI=1S/C13H18N6O/c1-2-10(8-14)7-13(20)16-11-3-5-12(6-4-11)19-9-15-17-18-19/h3-6,9-10H,2,7-8,14H2,1H3,(H,16,20). The quantitative estimate of drug-likeness (QED) is 0.818. The van der Waals surface area contributed by atoms with Crippen LogP contribution in [0.2, 0.25) is 0 Å². The van der Waals surface area contributed by atoms with Crippen LogP contribution in [-0.4, -0.2) is 32.7 Å². The first-order valence-electron chi connectivity index (χ1n) is 6.56. The zero-order valence-corrected chi connectivity index (χ0v) is 11.4. The van der Waals surface area contributed by atoms with E-state index >= 15 is 0 Å². The highest BCUT2D eigenvalue weighted by Gasteiger charge is 2.10. The maximum Gasteiger partial charge on any atom is 0.224 e. The fraction of sp³-hybridized carbons (Fsp3) is 0.385. The van der Waals surface area contributed by atoms with Gasteiger partial charge in [0.15, 0.2) is 0 Å². The van der Waals surface area contributed by atoms with Crippen molar-refractivity contribution in [2.45, 2.75) is 19.8 Å². The zero-order chi connectivity index (χ0) is 14.4. The van der Waals surface area contributed by atoms with E-state index in [0.29, 0.717) is 13.0 Å². The number of aromatic nitrogens is 4. The summed E-state index contributed by atoms with van der Waals surface area (Å²) in [7, 11) is 0. The molecule has 1 atom stereocenters. The van der Waals surface area contributed by atoms with Crippen molar-refractivity contribution in [2.24, 2.45) is 11.7 Å².